The van der Waals surface area contributed by atoms with E-state index in [1.807, 2.05) is 45.6 Å². The highest BCUT2D eigenvalue weighted by Crippen LogP contribution is 2.27. The van der Waals surface area contributed by atoms with Crippen molar-refractivity contribution in [2.24, 2.45) is 18.1 Å². The lowest BCUT2D eigenvalue weighted by molar-refractivity contribution is -0.115. The van der Waals surface area contributed by atoms with Crippen molar-refractivity contribution in [3.63, 3.8) is 0 Å². The Hall–Kier alpha value is -2.38. The smallest absolute Gasteiger partial charge is 0.269 e. The molecular weight excluding hydrogens is 380 g/mol. The van der Waals surface area contributed by atoms with Gasteiger partial charge in [-0.1, -0.05) is 48.5 Å². The van der Waals surface area contributed by atoms with E-state index >= 15 is 0 Å². The van der Waals surface area contributed by atoms with Crippen molar-refractivity contribution in [1.82, 2.24) is 25.8 Å². The van der Waals surface area contributed by atoms with E-state index in [2.05, 4.69) is 53.1 Å². The van der Waals surface area contributed by atoms with Gasteiger partial charge in [0.25, 0.3) is 5.91 Å². The van der Waals surface area contributed by atoms with E-state index in [1.54, 1.807) is 14.0 Å². The second-order valence-electron chi connectivity index (χ2n) is 7.50. The number of hydrogen-bond acceptors (Lipinski definition) is 5. The highest BCUT2D eigenvalue weighted by Gasteiger charge is 2.24. The van der Waals surface area contributed by atoms with Gasteiger partial charge in [0.2, 0.25) is 6.41 Å². The van der Waals surface area contributed by atoms with Crippen molar-refractivity contribution in [3.8, 4) is 0 Å². The molecule has 1 atom stereocenters. The van der Waals surface area contributed by atoms with Crippen molar-refractivity contribution in [3.05, 3.63) is 18.0 Å². The summed E-state index contributed by atoms with van der Waals surface area (Å²) >= 11 is 0. The van der Waals surface area contributed by atoms with E-state index in [-0.39, 0.29) is 17.0 Å². The van der Waals surface area contributed by atoms with Gasteiger partial charge < -0.3 is 16.1 Å². The van der Waals surface area contributed by atoms with Gasteiger partial charge in [-0.25, -0.2) is 0 Å². The van der Waals surface area contributed by atoms with Crippen LogP contribution in [-0.2, 0) is 22.1 Å². The van der Waals surface area contributed by atoms with Crippen molar-refractivity contribution in [2.45, 2.75) is 79.7 Å². The van der Waals surface area contributed by atoms with Crippen molar-refractivity contribution < 1.29 is 9.59 Å². The van der Waals surface area contributed by atoms with Gasteiger partial charge >= 0.3 is 0 Å². The van der Waals surface area contributed by atoms with Crippen LogP contribution in [0.4, 0.5) is 0 Å². The van der Waals surface area contributed by atoms with E-state index in [0.717, 1.165) is 5.69 Å². The third-order valence-electron chi connectivity index (χ3n) is 3.92. The summed E-state index contributed by atoms with van der Waals surface area (Å²) in [6, 6.07) is 1.66. The van der Waals surface area contributed by atoms with Gasteiger partial charge in [0.15, 0.2) is 0 Å². The van der Waals surface area contributed by atoms with Crippen LogP contribution >= 0.6 is 0 Å². The Morgan fingerprint density at radius 1 is 1.30 bits per heavy atom. The molecule has 0 saturated heterocycles. The monoisotopic (exact) mass is 424 g/mol. The standard InChI is InChI=1S/C10H18N4O2.C8H14N2.2C2H6/c1-7(13-6-15)9(14-11-2)10(16)12-5-8-3-4-8;1-8(2,3)7-5-6-10(4)9-7;2*1-2/h6-8,11H,3-5H2,1-2H3,(H,12,16)(H,13,15);5-6H,1-4H3;2*1-2H3/b14-9+;;;. The first-order valence-electron chi connectivity index (χ1n) is 10.9. The minimum absolute atomic E-state index is 0.182. The number of hydrazone groups is 1. The number of hydrogen-bond donors (Lipinski definition) is 3. The molecule has 2 amide bonds. The molecule has 1 aromatic rings. The summed E-state index contributed by atoms with van der Waals surface area (Å²) in [5.41, 5.74) is 4.18. The fourth-order valence-electron chi connectivity index (χ4n) is 2.11. The zero-order valence-corrected chi connectivity index (χ0v) is 20.7. The van der Waals surface area contributed by atoms with Crippen LogP contribution in [0.15, 0.2) is 17.4 Å². The van der Waals surface area contributed by atoms with Gasteiger partial charge in [-0.15, -0.1) is 0 Å². The summed E-state index contributed by atoms with van der Waals surface area (Å²) in [5, 5.41) is 13.5. The minimum atomic E-state index is -0.399. The van der Waals surface area contributed by atoms with Crippen molar-refractivity contribution in [1.29, 1.82) is 0 Å². The Bertz CT molecular complexity index is 615. The summed E-state index contributed by atoms with van der Waals surface area (Å²) in [6.07, 6.45) is 4.90. The first kappa shape index (κ1) is 29.8. The SMILES string of the molecule is CC.CC.CN/N=C(/C(=O)NCC1CC1)C(C)NC=O.Cn1ccc(C(C)(C)C)n1. The largest absolute Gasteiger partial charge is 0.351 e. The van der Waals surface area contributed by atoms with Gasteiger partial charge in [0.05, 0.1) is 11.7 Å². The predicted molar refractivity (Wildman–Crippen MR) is 125 cm³/mol. The average Bonchev–Trinajstić information content (AvgIpc) is 3.45. The van der Waals surface area contributed by atoms with Gasteiger partial charge in [-0.3, -0.25) is 14.3 Å². The van der Waals surface area contributed by atoms with E-state index in [1.165, 1.54) is 12.8 Å². The van der Waals surface area contributed by atoms with Gasteiger partial charge in [-0.2, -0.15) is 10.2 Å². The Balaban J connectivity index is 0. The quantitative estimate of drug-likeness (QED) is 0.356. The fraction of sp³-hybridized carbons (Fsp3) is 0.727. The van der Waals surface area contributed by atoms with Gasteiger partial charge in [-0.05, 0) is 31.7 Å². The van der Waals surface area contributed by atoms with Crippen LogP contribution < -0.4 is 16.1 Å². The lowest BCUT2D eigenvalue weighted by atomic mass is 9.93. The summed E-state index contributed by atoms with van der Waals surface area (Å²) in [4.78, 5) is 22.0. The Kier molecular flexibility index (Phi) is 16.3. The molecule has 8 nitrogen and oxygen atoms in total. The molecule has 0 aliphatic heterocycles. The van der Waals surface area contributed by atoms with Crippen LogP contribution in [0.5, 0.6) is 0 Å². The molecule has 1 aromatic heterocycles. The Morgan fingerprint density at radius 3 is 2.20 bits per heavy atom. The van der Waals surface area contributed by atoms with Crippen molar-refractivity contribution >= 4 is 18.0 Å². The molecule has 0 spiro atoms. The van der Waals surface area contributed by atoms with E-state index < -0.39 is 6.04 Å². The van der Waals surface area contributed by atoms with E-state index in [0.29, 0.717) is 18.9 Å². The molecule has 1 fully saturated rings. The van der Waals surface area contributed by atoms with Crippen LogP contribution in [0.2, 0.25) is 0 Å². The van der Waals surface area contributed by atoms with Crippen LogP contribution in [0.3, 0.4) is 0 Å². The van der Waals surface area contributed by atoms with Crippen LogP contribution in [0.1, 0.15) is 73.9 Å². The highest BCUT2D eigenvalue weighted by atomic mass is 16.2. The lowest BCUT2D eigenvalue weighted by Gasteiger charge is -2.13. The number of rotatable bonds is 7. The molecular formula is C22H44N6O2. The van der Waals surface area contributed by atoms with Crippen LogP contribution in [0, 0.1) is 5.92 Å². The molecule has 0 aromatic carbocycles. The third-order valence-corrected chi connectivity index (χ3v) is 3.92. The molecule has 0 radical (unpaired) electrons. The first-order chi connectivity index (χ1) is 14.2. The fourth-order valence-corrected chi connectivity index (χ4v) is 2.11. The number of aryl methyl sites for hydroxylation is 1. The maximum Gasteiger partial charge on any atom is 0.269 e. The molecule has 1 aliphatic carbocycles. The number of nitrogens with one attached hydrogen (secondary N) is 3. The molecule has 1 saturated carbocycles. The molecule has 1 aliphatic rings. The highest BCUT2D eigenvalue weighted by molar-refractivity contribution is 6.40. The second-order valence-corrected chi connectivity index (χ2v) is 7.50. The summed E-state index contributed by atoms with van der Waals surface area (Å²) in [6.45, 7) is 16.9. The number of nitrogens with zero attached hydrogens (tertiary/aromatic N) is 3. The first-order valence-corrected chi connectivity index (χ1v) is 10.9. The molecule has 174 valence electrons. The van der Waals surface area contributed by atoms with Gasteiger partial charge in [0.1, 0.15) is 5.71 Å². The lowest BCUT2D eigenvalue weighted by Crippen LogP contribution is -2.44. The number of aromatic nitrogens is 2. The van der Waals surface area contributed by atoms with Gasteiger partial charge in [0, 0.05) is 32.3 Å². The molecule has 3 N–H and O–H groups in total. The van der Waals surface area contributed by atoms with Crippen LogP contribution in [0.25, 0.3) is 0 Å². The Morgan fingerprint density at radius 2 is 1.87 bits per heavy atom. The normalized spacial score (nSPS) is 13.7. The molecule has 1 unspecified atom stereocenters. The second kappa shape index (κ2) is 16.4. The maximum atomic E-state index is 11.7. The average molecular weight is 425 g/mol. The zero-order chi connectivity index (χ0) is 23.7. The molecule has 8 heteroatoms. The van der Waals surface area contributed by atoms with Crippen LogP contribution in [-0.4, -0.2) is 47.4 Å². The minimum Gasteiger partial charge on any atom is -0.351 e. The Labute approximate surface area is 183 Å². The third kappa shape index (κ3) is 13.0. The summed E-state index contributed by atoms with van der Waals surface area (Å²) in [5.74, 6) is 0.386. The van der Waals surface area contributed by atoms with Crippen molar-refractivity contribution in [2.75, 3.05) is 13.6 Å². The molecule has 0 bridgehead atoms. The predicted octanol–water partition coefficient (Wildman–Crippen LogP) is 2.99. The maximum absolute atomic E-state index is 11.7. The zero-order valence-electron chi connectivity index (χ0n) is 20.7. The van der Waals surface area contributed by atoms with E-state index in [9.17, 15) is 9.59 Å². The molecule has 2 rings (SSSR count). The molecule has 1 heterocycles. The number of amides is 2. The topological polar surface area (TPSA) is 100 Å². The van der Waals surface area contributed by atoms with E-state index in [4.69, 9.17) is 0 Å². The summed E-state index contributed by atoms with van der Waals surface area (Å²) in [7, 11) is 3.55. The molecule has 30 heavy (non-hydrogen) atoms. The summed E-state index contributed by atoms with van der Waals surface area (Å²) < 4.78 is 1.83. The number of carbonyl (C=O) groups is 2. The number of carbonyl (C=O) groups excluding carboxylic acids is 2.